The molecule has 0 aliphatic rings. The van der Waals surface area contributed by atoms with Crippen molar-refractivity contribution < 1.29 is 5.11 Å². The Bertz CT molecular complexity index is 389. The molecule has 0 spiro atoms. The van der Waals surface area contributed by atoms with Crippen molar-refractivity contribution in [2.24, 2.45) is 0 Å². The summed E-state index contributed by atoms with van der Waals surface area (Å²) in [4.78, 5) is 0. The lowest BCUT2D eigenvalue weighted by atomic mass is 10.1. The second kappa shape index (κ2) is 6.21. The molecule has 1 aromatic carbocycles. The molecule has 0 aliphatic carbocycles. The molecule has 0 saturated heterocycles. The van der Waals surface area contributed by atoms with Gasteiger partial charge >= 0.3 is 0 Å². The molecule has 5 heteroatoms. The molecular weight excluding hydrogens is 226 g/mol. The van der Waals surface area contributed by atoms with E-state index in [1.54, 1.807) is 13.1 Å². The van der Waals surface area contributed by atoms with Crippen LogP contribution in [0.15, 0.2) is 18.2 Å². The van der Waals surface area contributed by atoms with E-state index in [9.17, 15) is 5.11 Å². The van der Waals surface area contributed by atoms with Crippen molar-refractivity contribution in [3.8, 4) is 6.07 Å². The number of aliphatic hydroxyl groups is 1. The van der Waals surface area contributed by atoms with Gasteiger partial charge in [-0.2, -0.15) is 5.26 Å². The Morgan fingerprint density at radius 3 is 2.88 bits per heavy atom. The first-order valence-corrected chi connectivity index (χ1v) is 5.44. The molecule has 86 valence electrons. The van der Waals surface area contributed by atoms with Gasteiger partial charge in [0.1, 0.15) is 6.07 Å². The van der Waals surface area contributed by atoms with E-state index in [1.165, 1.54) is 0 Å². The Morgan fingerprint density at radius 1 is 1.56 bits per heavy atom. The molecule has 3 N–H and O–H groups in total. The Morgan fingerprint density at radius 2 is 2.31 bits per heavy atom. The van der Waals surface area contributed by atoms with Crippen molar-refractivity contribution in [3.05, 3.63) is 23.8 Å². The average Bonchev–Trinajstić information content (AvgIpc) is 2.35. The second-order valence-electron chi connectivity index (χ2n) is 3.31. The second-order valence-corrected chi connectivity index (χ2v) is 3.62. The molecule has 0 fully saturated rings. The number of aliphatic hydroxyl groups excluding tert-OH is 1. The minimum Gasteiger partial charge on any atom is -0.390 e. The molecule has 4 nitrogen and oxygen atoms in total. The highest BCUT2D eigenvalue weighted by molar-refractivity contribution is 6.18. The third-order valence-electron chi connectivity index (χ3n) is 2.13. The maximum Gasteiger partial charge on any atom is 0.101 e. The Hall–Kier alpha value is -1.44. The number of hydrogen-bond acceptors (Lipinski definition) is 4. The monoisotopic (exact) mass is 239 g/mol. The SMILES string of the molecule is CNc1ccc(NCC(O)CCl)cc1C#N. The lowest BCUT2D eigenvalue weighted by molar-refractivity contribution is 0.211. The zero-order valence-corrected chi connectivity index (χ0v) is 9.75. The van der Waals surface area contributed by atoms with Crippen molar-refractivity contribution in [1.29, 1.82) is 5.26 Å². The van der Waals surface area contributed by atoms with Gasteiger partial charge in [-0.25, -0.2) is 0 Å². The van der Waals surface area contributed by atoms with E-state index in [4.69, 9.17) is 16.9 Å². The number of nitrogens with zero attached hydrogens (tertiary/aromatic N) is 1. The molecular formula is C11H14ClN3O. The summed E-state index contributed by atoms with van der Waals surface area (Å²) in [5, 5.41) is 24.1. The van der Waals surface area contributed by atoms with Crippen molar-refractivity contribution in [1.82, 2.24) is 0 Å². The fourth-order valence-corrected chi connectivity index (χ4v) is 1.36. The molecule has 0 amide bonds. The highest BCUT2D eigenvalue weighted by atomic mass is 35.5. The van der Waals surface area contributed by atoms with E-state index < -0.39 is 6.10 Å². The third-order valence-corrected chi connectivity index (χ3v) is 2.49. The quantitative estimate of drug-likeness (QED) is 0.683. The number of nitriles is 1. The Labute approximate surface area is 99.8 Å². The van der Waals surface area contributed by atoms with Crippen LogP contribution in [0.5, 0.6) is 0 Å². The van der Waals surface area contributed by atoms with Gasteiger partial charge in [-0.15, -0.1) is 11.6 Å². The fraction of sp³-hybridized carbons (Fsp3) is 0.364. The average molecular weight is 240 g/mol. The van der Waals surface area contributed by atoms with Gasteiger partial charge in [0, 0.05) is 19.3 Å². The summed E-state index contributed by atoms with van der Waals surface area (Å²) >= 11 is 5.47. The summed E-state index contributed by atoms with van der Waals surface area (Å²) in [6, 6.07) is 7.48. The Balaban J connectivity index is 2.72. The third kappa shape index (κ3) is 3.30. The van der Waals surface area contributed by atoms with Crippen molar-refractivity contribution in [2.45, 2.75) is 6.10 Å². The number of benzene rings is 1. The van der Waals surface area contributed by atoms with Gasteiger partial charge < -0.3 is 15.7 Å². The van der Waals surface area contributed by atoms with Crippen LogP contribution in [0.4, 0.5) is 11.4 Å². The van der Waals surface area contributed by atoms with Crippen molar-refractivity contribution in [3.63, 3.8) is 0 Å². The number of nitrogens with one attached hydrogen (secondary N) is 2. The summed E-state index contributed by atoms with van der Waals surface area (Å²) in [6.07, 6.45) is -0.587. The maximum absolute atomic E-state index is 9.27. The van der Waals surface area contributed by atoms with Gasteiger partial charge in [-0.3, -0.25) is 0 Å². The standard InChI is InChI=1S/C11H14ClN3O/c1-14-11-3-2-9(4-8(11)6-13)15-7-10(16)5-12/h2-4,10,14-16H,5,7H2,1H3. The number of alkyl halides is 1. The molecule has 1 rings (SSSR count). The lowest BCUT2D eigenvalue weighted by Gasteiger charge is -2.11. The van der Waals surface area contributed by atoms with Crippen LogP contribution >= 0.6 is 11.6 Å². The fourth-order valence-electron chi connectivity index (χ4n) is 1.25. The molecule has 1 unspecified atom stereocenters. The van der Waals surface area contributed by atoms with E-state index >= 15 is 0 Å². The van der Waals surface area contributed by atoms with Gasteiger partial charge in [0.2, 0.25) is 0 Å². The summed E-state index contributed by atoms with van der Waals surface area (Å²) in [5.74, 6) is 0.187. The van der Waals surface area contributed by atoms with Crippen LogP contribution in [-0.2, 0) is 0 Å². The Kier molecular flexibility index (Phi) is 4.90. The molecule has 0 bridgehead atoms. The van der Waals surface area contributed by atoms with E-state index in [0.717, 1.165) is 11.4 Å². The first-order chi connectivity index (χ1) is 7.71. The predicted octanol–water partition coefficient (Wildman–Crippen LogP) is 1.61. The highest BCUT2D eigenvalue weighted by Crippen LogP contribution is 2.19. The van der Waals surface area contributed by atoms with Crippen LogP contribution in [-0.4, -0.2) is 30.7 Å². The molecule has 1 atom stereocenters. The van der Waals surface area contributed by atoms with Crippen molar-refractivity contribution in [2.75, 3.05) is 30.1 Å². The van der Waals surface area contributed by atoms with Crippen LogP contribution in [0.25, 0.3) is 0 Å². The topological polar surface area (TPSA) is 68.1 Å². The first kappa shape index (κ1) is 12.6. The summed E-state index contributed by atoms with van der Waals surface area (Å²) < 4.78 is 0. The largest absolute Gasteiger partial charge is 0.390 e. The van der Waals surface area contributed by atoms with Crippen LogP contribution in [0.2, 0.25) is 0 Å². The molecule has 16 heavy (non-hydrogen) atoms. The van der Waals surface area contributed by atoms with Gasteiger partial charge in [-0.1, -0.05) is 0 Å². The van der Waals surface area contributed by atoms with Crippen LogP contribution < -0.4 is 10.6 Å². The molecule has 0 aromatic heterocycles. The summed E-state index contributed by atoms with van der Waals surface area (Å²) in [5.41, 5.74) is 2.14. The normalized spacial score (nSPS) is 11.6. The first-order valence-electron chi connectivity index (χ1n) is 4.91. The van der Waals surface area contributed by atoms with Gasteiger partial charge in [-0.05, 0) is 18.2 Å². The highest BCUT2D eigenvalue weighted by Gasteiger charge is 2.04. The molecule has 1 aromatic rings. The van der Waals surface area contributed by atoms with E-state index in [0.29, 0.717) is 12.1 Å². The summed E-state index contributed by atoms with van der Waals surface area (Å²) in [6.45, 7) is 0.368. The van der Waals surface area contributed by atoms with E-state index in [-0.39, 0.29) is 5.88 Å². The number of anilines is 2. The van der Waals surface area contributed by atoms with Crippen molar-refractivity contribution >= 4 is 23.0 Å². The molecule has 0 aliphatic heterocycles. The minimum atomic E-state index is -0.587. The smallest absolute Gasteiger partial charge is 0.101 e. The van der Waals surface area contributed by atoms with E-state index in [2.05, 4.69) is 16.7 Å². The zero-order valence-electron chi connectivity index (χ0n) is 9.00. The lowest BCUT2D eigenvalue weighted by Crippen LogP contribution is -2.20. The minimum absolute atomic E-state index is 0.187. The molecule has 0 radical (unpaired) electrons. The summed E-state index contributed by atoms with van der Waals surface area (Å²) in [7, 11) is 1.76. The van der Waals surface area contributed by atoms with E-state index in [1.807, 2.05) is 12.1 Å². The molecule has 0 saturated carbocycles. The number of halogens is 1. The number of hydrogen-bond donors (Lipinski definition) is 3. The van der Waals surface area contributed by atoms with Gasteiger partial charge in [0.15, 0.2) is 0 Å². The van der Waals surface area contributed by atoms with Crippen LogP contribution in [0.1, 0.15) is 5.56 Å². The predicted molar refractivity (Wildman–Crippen MR) is 65.9 cm³/mol. The molecule has 0 heterocycles. The zero-order chi connectivity index (χ0) is 12.0. The van der Waals surface area contributed by atoms with Crippen LogP contribution in [0.3, 0.4) is 0 Å². The maximum atomic E-state index is 9.27. The number of rotatable bonds is 5. The van der Waals surface area contributed by atoms with Gasteiger partial charge in [0.05, 0.1) is 23.2 Å². The van der Waals surface area contributed by atoms with Crippen LogP contribution in [0, 0.1) is 11.3 Å². The van der Waals surface area contributed by atoms with Gasteiger partial charge in [0.25, 0.3) is 0 Å².